The number of halogens is 11. The number of allylic oxidation sites excluding steroid dienone is 2. The van der Waals surface area contributed by atoms with Gasteiger partial charge in [0.05, 0.1) is 0 Å². The summed E-state index contributed by atoms with van der Waals surface area (Å²) in [7, 11) is 0. The third-order valence-corrected chi connectivity index (χ3v) is 4.77. The summed E-state index contributed by atoms with van der Waals surface area (Å²) in [4.78, 5) is 11.8. The third-order valence-electron chi connectivity index (χ3n) is 4.77. The summed E-state index contributed by atoms with van der Waals surface area (Å²) in [6.07, 6.45) is -22.5. The molecule has 0 aromatic carbocycles. The second kappa shape index (κ2) is 6.46. The molecule has 0 aliphatic heterocycles. The van der Waals surface area contributed by atoms with Gasteiger partial charge in [-0.3, -0.25) is 0 Å². The predicted octanol–water partition coefficient (Wildman–Crippen LogP) is 3.96. The molecule has 0 saturated heterocycles. The van der Waals surface area contributed by atoms with Crippen LogP contribution in [0.2, 0.25) is 0 Å². The molecule has 0 radical (unpaired) electrons. The van der Waals surface area contributed by atoms with Gasteiger partial charge in [-0.15, -0.1) is 0 Å². The highest BCUT2D eigenvalue weighted by molar-refractivity contribution is 5.81. The van der Waals surface area contributed by atoms with Gasteiger partial charge in [0.15, 0.2) is 0 Å². The summed E-state index contributed by atoms with van der Waals surface area (Å²) in [6.45, 7) is 0. The zero-order chi connectivity index (χ0) is 21.9. The maximum atomic E-state index is 14.7. The molecule has 28 heavy (non-hydrogen) atoms. The van der Waals surface area contributed by atoms with E-state index in [9.17, 15) is 53.1 Å². The van der Waals surface area contributed by atoms with Crippen LogP contribution >= 0.6 is 0 Å². The number of fused-ring (bicyclic) bond motifs is 2. The molecule has 0 spiro atoms. The summed E-state index contributed by atoms with van der Waals surface area (Å²) < 4.78 is 148. The summed E-state index contributed by atoms with van der Waals surface area (Å²) in [6, 6.07) is 0. The molecule has 2 aliphatic carbocycles. The highest BCUT2D eigenvalue weighted by Gasteiger charge is 2.81. The molecular weight excluding hydrogens is 425 g/mol. The number of aliphatic hydroxyl groups is 1. The summed E-state index contributed by atoms with van der Waals surface area (Å²) in [5.41, 5.74) is -9.77. The van der Waals surface area contributed by atoms with E-state index in [4.69, 9.17) is 5.11 Å². The van der Waals surface area contributed by atoms with E-state index in [-0.39, 0.29) is 6.42 Å². The van der Waals surface area contributed by atoms with Gasteiger partial charge in [0.2, 0.25) is 5.67 Å². The Bertz CT molecular complexity index is 656. The first-order chi connectivity index (χ1) is 12.4. The second-order valence-corrected chi connectivity index (χ2v) is 6.57. The van der Waals surface area contributed by atoms with E-state index in [1.165, 1.54) is 6.08 Å². The second-order valence-electron chi connectivity index (χ2n) is 6.57. The maximum absolute atomic E-state index is 14.7. The van der Waals surface area contributed by atoms with Gasteiger partial charge in [-0.2, -0.15) is 35.1 Å². The number of alkyl halides is 11. The standard InChI is InChI=1S/C14H11F11O3/c15-8(16)11(27,14(23,24)25)12(18,19)7(13(20,21)22)28-9(26)10(17)4-5-1-2-6(10)3-5/h1-2,5-8,27H,3-4H2. The minimum absolute atomic E-state index is 0.0812. The average molecular weight is 436 g/mol. The van der Waals surface area contributed by atoms with Crippen LogP contribution < -0.4 is 0 Å². The molecule has 0 aromatic rings. The molecule has 2 aliphatic rings. The Morgan fingerprint density at radius 1 is 1.07 bits per heavy atom. The molecule has 0 amide bonds. The smallest absolute Gasteiger partial charge is 0.431 e. The van der Waals surface area contributed by atoms with Crippen molar-refractivity contribution in [3.05, 3.63) is 12.2 Å². The van der Waals surface area contributed by atoms with Gasteiger partial charge in [0.25, 0.3) is 18.1 Å². The Balaban J connectivity index is 2.43. The van der Waals surface area contributed by atoms with Gasteiger partial charge in [-0.1, -0.05) is 12.2 Å². The average Bonchev–Trinajstić information content (AvgIpc) is 3.09. The van der Waals surface area contributed by atoms with Crippen molar-refractivity contribution >= 4 is 5.97 Å². The minimum atomic E-state index is -6.96. The van der Waals surface area contributed by atoms with Crippen LogP contribution in [-0.4, -0.2) is 53.2 Å². The van der Waals surface area contributed by atoms with Crippen molar-refractivity contribution in [2.45, 2.75) is 54.9 Å². The van der Waals surface area contributed by atoms with Crippen molar-refractivity contribution in [1.29, 1.82) is 0 Å². The van der Waals surface area contributed by atoms with Crippen molar-refractivity contribution < 1.29 is 62.9 Å². The topological polar surface area (TPSA) is 46.5 Å². The van der Waals surface area contributed by atoms with Gasteiger partial charge < -0.3 is 9.84 Å². The van der Waals surface area contributed by atoms with E-state index in [1.54, 1.807) is 0 Å². The Hall–Kier alpha value is -1.60. The van der Waals surface area contributed by atoms with Crippen molar-refractivity contribution in [2.75, 3.05) is 0 Å². The number of esters is 1. The molecule has 2 rings (SSSR count). The molecule has 5 atom stereocenters. The zero-order valence-electron chi connectivity index (χ0n) is 13.3. The van der Waals surface area contributed by atoms with Gasteiger partial charge in [0.1, 0.15) is 0 Å². The van der Waals surface area contributed by atoms with Crippen molar-refractivity contribution in [2.24, 2.45) is 11.8 Å². The van der Waals surface area contributed by atoms with Crippen LogP contribution in [0.5, 0.6) is 0 Å². The summed E-state index contributed by atoms with van der Waals surface area (Å²) in [5, 5.41) is 8.81. The quantitative estimate of drug-likeness (QED) is 0.403. The summed E-state index contributed by atoms with van der Waals surface area (Å²) >= 11 is 0. The predicted molar refractivity (Wildman–Crippen MR) is 67.1 cm³/mol. The number of ether oxygens (including phenoxy) is 1. The fourth-order valence-corrected chi connectivity index (χ4v) is 3.24. The van der Waals surface area contributed by atoms with E-state index in [2.05, 4.69) is 4.74 Å². The number of hydrogen-bond donors (Lipinski definition) is 1. The van der Waals surface area contributed by atoms with Crippen molar-refractivity contribution in [3.8, 4) is 0 Å². The van der Waals surface area contributed by atoms with Gasteiger partial charge in [0, 0.05) is 5.92 Å². The van der Waals surface area contributed by atoms with Gasteiger partial charge in [-0.05, 0) is 18.8 Å². The first-order valence-corrected chi connectivity index (χ1v) is 7.49. The molecule has 1 N–H and O–H groups in total. The highest BCUT2D eigenvalue weighted by atomic mass is 19.4. The number of hydrogen-bond acceptors (Lipinski definition) is 3. The van der Waals surface area contributed by atoms with Crippen LogP contribution in [0.15, 0.2) is 12.2 Å². The van der Waals surface area contributed by atoms with Crippen LogP contribution in [0.1, 0.15) is 12.8 Å². The molecule has 14 heteroatoms. The summed E-state index contributed by atoms with van der Waals surface area (Å²) in [5.74, 6) is -11.4. The SMILES string of the molecule is O=C(OC(C(F)(F)F)C(F)(F)C(O)(C(F)F)C(F)(F)F)C1(F)CC2C=CC1C2. The highest BCUT2D eigenvalue weighted by Crippen LogP contribution is 2.53. The normalized spacial score (nSPS) is 31.2. The number of rotatable bonds is 5. The van der Waals surface area contributed by atoms with Crippen LogP contribution in [0.25, 0.3) is 0 Å². The molecule has 2 bridgehead atoms. The van der Waals surface area contributed by atoms with E-state index in [0.717, 1.165) is 6.08 Å². The molecule has 0 heterocycles. The molecule has 1 saturated carbocycles. The molecule has 162 valence electrons. The molecule has 1 fully saturated rings. The van der Waals surface area contributed by atoms with E-state index >= 15 is 0 Å². The lowest BCUT2D eigenvalue weighted by atomic mass is 9.88. The van der Waals surface area contributed by atoms with E-state index in [1.807, 2.05) is 0 Å². The molecule has 0 aromatic heterocycles. The first kappa shape index (κ1) is 22.7. The first-order valence-electron chi connectivity index (χ1n) is 7.49. The van der Waals surface area contributed by atoms with Crippen molar-refractivity contribution in [1.82, 2.24) is 0 Å². The largest absolute Gasteiger partial charge is 0.444 e. The third kappa shape index (κ3) is 3.22. The Morgan fingerprint density at radius 3 is 1.93 bits per heavy atom. The van der Waals surface area contributed by atoms with Crippen molar-refractivity contribution in [3.63, 3.8) is 0 Å². The maximum Gasteiger partial charge on any atom is 0.431 e. The fraction of sp³-hybridized carbons (Fsp3) is 0.786. The van der Waals surface area contributed by atoms with E-state index in [0.29, 0.717) is 0 Å². The number of carbonyl (C=O) groups is 1. The molecule has 3 nitrogen and oxygen atoms in total. The Labute approximate surface area is 149 Å². The number of carbonyl (C=O) groups excluding carboxylic acids is 1. The van der Waals surface area contributed by atoms with Crippen LogP contribution in [0, 0.1) is 11.8 Å². The zero-order valence-corrected chi connectivity index (χ0v) is 13.3. The molecule has 5 unspecified atom stereocenters. The Morgan fingerprint density at radius 2 is 1.61 bits per heavy atom. The monoisotopic (exact) mass is 436 g/mol. The lowest BCUT2D eigenvalue weighted by Crippen LogP contribution is -2.70. The van der Waals surface area contributed by atoms with Crippen LogP contribution in [0.3, 0.4) is 0 Å². The lowest BCUT2D eigenvalue weighted by Gasteiger charge is -2.40. The van der Waals surface area contributed by atoms with Gasteiger partial charge in [-0.25, -0.2) is 18.0 Å². The van der Waals surface area contributed by atoms with Crippen LogP contribution in [0.4, 0.5) is 48.3 Å². The van der Waals surface area contributed by atoms with E-state index < -0.39 is 66.3 Å². The van der Waals surface area contributed by atoms with Gasteiger partial charge >= 0.3 is 24.2 Å². The minimum Gasteiger partial charge on any atom is -0.444 e. The lowest BCUT2D eigenvalue weighted by molar-refractivity contribution is -0.401. The Kier molecular flexibility index (Phi) is 5.23. The fourth-order valence-electron chi connectivity index (χ4n) is 3.24. The molecular formula is C14H11F11O3. The van der Waals surface area contributed by atoms with Crippen LogP contribution in [-0.2, 0) is 9.53 Å².